The van der Waals surface area contributed by atoms with Gasteiger partial charge in [0.2, 0.25) is 5.91 Å². The predicted octanol–water partition coefficient (Wildman–Crippen LogP) is 2.04. The van der Waals surface area contributed by atoms with Crippen LogP contribution in [0.5, 0.6) is 5.75 Å². The fourth-order valence-corrected chi connectivity index (χ4v) is 3.76. The summed E-state index contributed by atoms with van der Waals surface area (Å²) in [6.07, 6.45) is 6.61. The zero-order valence-corrected chi connectivity index (χ0v) is 12.3. The first-order valence-corrected chi connectivity index (χ1v) is 7.76. The molecule has 22 heavy (non-hydrogen) atoms. The number of hydrogen-bond acceptors (Lipinski definition) is 3. The zero-order valence-electron chi connectivity index (χ0n) is 12.3. The van der Waals surface area contributed by atoms with E-state index in [4.69, 9.17) is 10.5 Å². The first-order valence-electron chi connectivity index (χ1n) is 7.76. The molecule has 2 heterocycles. The van der Waals surface area contributed by atoms with Gasteiger partial charge in [0.25, 0.3) is 5.91 Å². The highest BCUT2D eigenvalue weighted by Crippen LogP contribution is 2.47. The lowest BCUT2D eigenvalue weighted by Gasteiger charge is -2.45. The van der Waals surface area contributed by atoms with Crippen LogP contribution in [0.3, 0.4) is 0 Å². The summed E-state index contributed by atoms with van der Waals surface area (Å²) in [5.41, 5.74) is 6.80. The van der Waals surface area contributed by atoms with Crippen LogP contribution in [-0.4, -0.2) is 17.4 Å². The van der Waals surface area contributed by atoms with Crippen molar-refractivity contribution < 1.29 is 14.3 Å². The van der Waals surface area contributed by atoms with Gasteiger partial charge in [0, 0.05) is 18.2 Å². The average molecular weight is 298 g/mol. The van der Waals surface area contributed by atoms with Gasteiger partial charge in [-0.1, -0.05) is 18.6 Å². The van der Waals surface area contributed by atoms with E-state index < -0.39 is 11.5 Å². The monoisotopic (exact) mass is 298 g/mol. The molecule has 3 aliphatic rings. The third-order valence-electron chi connectivity index (χ3n) is 4.88. The minimum atomic E-state index is -0.777. The zero-order chi connectivity index (χ0) is 15.3. The highest BCUT2D eigenvalue weighted by molar-refractivity contribution is 6.08. The van der Waals surface area contributed by atoms with E-state index in [0.29, 0.717) is 12.0 Å². The summed E-state index contributed by atoms with van der Waals surface area (Å²) in [6.45, 7) is 0. The van der Waals surface area contributed by atoms with Crippen molar-refractivity contribution >= 4 is 17.5 Å². The highest BCUT2D eigenvalue weighted by Gasteiger charge is 2.49. The summed E-state index contributed by atoms with van der Waals surface area (Å²) in [4.78, 5) is 26.2. The first-order chi connectivity index (χ1) is 10.6. The Balaban J connectivity index is 1.87. The predicted molar refractivity (Wildman–Crippen MR) is 81.4 cm³/mol. The largest absolute Gasteiger partial charge is 0.475 e. The Bertz CT molecular complexity index is 702. The number of rotatable bonds is 1. The molecule has 0 atom stereocenters. The number of hydrogen-bond donors (Lipinski definition) is 1. The van der Waals surface area contributed by atoms with E-state index in [0.717, 1.165) is 49.1 Å². The molecule has 2 N–H and O–H groups in total. The number of para-hydroxylation sites is 1. The Hall–Kier alpha value is -2.30. The van der Waals surface area contributed by atoms with Gasteiger partial charge in [-0.3, -0.25) is 14.5 Å². The van der Waals surface area contributed by atoms with Crippen LogP contribution in [0, 0.1) is 0 Å². The highest BCUT2D eigenvalue weighted by atomic mass is 16.5. The van der Waals surface area contributed by atoms with Gasteiger partial charge in [-0.2, -0.15) is 0 Å². The van der Waals surface area contributed by atoms with Crippen molar-refractivity contribution in [2.24, 2.45) is 5.73 Å². The Morgan fingerprint density at radius 2 is 2.00 bits per heavy atom. The topological polar surface area (TPSA) is 72.6 Å². The number of primary amides is 1. The maximum atomic E-state index is 13.1. The molecule has 5 nitrogen and oxygen atoms in total. The number of nitrogens with zero attached hydrogens (tertiary/aromatic N) is 1. The molecule has 4 rings (SSSR count). The Morgan fingerprint density at radius 1 is 1.23 bits per heavy atom. The molecule has 1 aliphatic carbocycles. The van der Waals surface area contributed by atoms with Crippen LogP contribution >= 0.6 is 0 Å². The molecule has 0 unspecified atom stereocenters. The van der Waals surface area contributed by atoms with Crippen LogP contribution in [0.1, 0.15) is 37.7 Å². The molecule has 1 aromatic rings. The lowest BCUT2D eigenvalue weighted by atomic mass is 9.81. The van der Waals surface area contributed by atoms with Gasteiger partial charge in [0.1, 0.15) is 5.75 Å². The smallest absolute Gasteiger partial charge is 0.275 e. The lowest BCUT2D eigenvalue weighted by Crippen LogP contribution is -2.56. The van der Waals surface area contributed by atoms with Crippen LogP contribution in [-0.2, 0) is 16.0 Å². The number of nitrogens with two attached hydrogens (primary N) is 1. The molecule has 0 radical (unpaired) electrons. The second-order valence-electron chi connectivity index (χ2n) is 6.29. The molecule has 0 aromatic heterocycles. The number of anilines is 1. The molecule has 1 aromatic carbocycles. The quantitative estimate of drug-likeness (QED) is 0.862. The molecule has 2 amide bonds. The van der Waals surface area contributed by atoms with Crippen LogP contribution in [0.2, 0.25) is 0 Å². The number of amides is 2. The van der Waals surface area contributed by atoms with Gasteiger partial charge in [-0.25, -0.2) is 0 Å². The van der Waals surface area contributed by atoms with Crippen molar-refractivity contribution in [1.29, 1.82) is 0 Å². The molecule has 1 spiro atoms. The van der Waals surface area contributed by atoms with Gasteiger partial charge in [-0.05, 0) is 37.3 Å². The van der Waals surface area contributed by atoms with Crippen molar-refractivity contribution in [1.82, 2.24) is 0 Å². The van der Waals surface area contributed by atoms with Crippen LogP contribution in [0.25, 0.3) is 0 Å². The summed E-state index contributed by atoms with van der Waals surface area (Å²) >= 11 is 0. The van der Waals surface area contributed by atoms with Crippen LogP contribution in [0.15, 0.2) is 30.0 Å². The summed E-state index contributed by atoms with van der Waals surface area (Å²) in [5, 5.41) is 0. The van der Waals surface area contributed by atoms with Crippen molar-refractivity contribution in [3.63, 3.8) is 0 Å². The maximum Gasteiger partial charge on any atom is 0.275 e. The van der Waals surface area contributed by atoms with E-state index in [1.54, 1.807) is 11.1 Å². The SMILES string of the molecule is NC(=O)C1=CN2C(=O)C3(CCCCC3)Oc3cccc(c32)C1. The van der Waals surface area contributed by atoms with E-state index in [2.05, 4.69) is 0 Å². The third kappa shape index (κ3) is 1.78. The summed E-state index contributed by atoms with van der Waals surface area (Å²) in [6, 6.07) is 5.72. The molecular weight excluding hydrogens is 280 g/mol. The van der Waals surface area contributed by atoms with Gasteiger partial charge < -0.3 is 10.5 Å². The lowest BCUT2D eigenvalue weighted by molar-refractivity contribution is -0.137. The summed E-state index contributed by atoms with van der Waals surface area (Å²) in [7, 11) is 0. The number of benzene rings is 1. The van der Waals surface area contributed by atoms with Crippen molar-refractivity contribution in [3.8, 4) is 5.75 Å². The van der Waals surface area contributed by atoms with Gasteiger partial charge in [0.05, 0.1) is 5.69 Å². The summed E-state index contributed by atoms with van der Waals surface area (Å²) in [5.74, 6) is 0.192. The molecule has 1 saturated carbocycles. The van der Waals surface area contributed by atoms with E-state index in [1.807, 2.05) is 18.2 Å². The van der Waals surface area contributed by atoms with E-state index in [9.17, 15) is 9.59 Å². The molecule has 0 bridgehead atoms. The number of carbonyl (C=O) groups is 2. The molecular formula is C17H18N2O3. The minimum absolute atomic E-state index is 0.0643. The second-order valence-corrected chi connectivity index (χ2v) is 6.29. The van der Waals surface area contributed by atoms with Crippen LogP contribution < -0.4 is 15.4 Å². The van der Waals surface area contributed by atoms with Crippen molar-refractivity contribution in [2.45, 2.75) is 44.1 Å². The first kappa shape index (κ1) is 13.4. The molecule has 0 saturated heterocycles. The van der Waals surface area contributed by atoms with E-state index in [-0.39, 0.29) is 5.91 Å². The maximum absolute atomic E-state index is 13.1. The third-order valence-corrected chi connectivity index (χ3v) is 4.88. The second kappa shape index (κ2) is 4.60. The van der Waals surface area contributed by atoms with Gasteiger partial charge in [0.15, 0.2) is 5.60 Å². The molecule has 1 fully saturated rings. The fraction of sp³-hybridized carbons (Fsp3) is 0.412. The van der Waals surface area contributed by atoms with Gasteiger partial charge in [-0.15, -0.1) is 0 Å². The number of ether oxygens (including phenoxy) is 1. The number of carbonyl (C=O) groups excluding carboxylic acids is 2. The molecule has 5 heteroatoms. The van der Waals surface area contributed by atoms with Gasteiger partial charge >= 0.3 is 0 Å². The normalized spacial score (nSPS) is 21.9. The van der Waals surface area contributed by atoms with Crippen molar-refractivity contribution in [3.05, 3.63) is 35.5 Å². The van der Waals surface area contributed by atoms with E-state index >= 15 is 0 Å². The standard InChI is InChI=1S/C17H18N2O3/c18-15(20)12-9-11-5-4-6-13-14(11)19(10-12)16(21)17(22-13)7-2-1-3-8-17/h4-6,10H,1-3,7-9H2,(H2,18,20). The van der Waals surface area contributed by atoms with Crippen LogP contribution in [0.4, 0.5) is 5.69 Å². The summed E-state index contributed by atoms with van der Waals surface area (Å²) < 4.78 is 6.18. The Kier molecular flexibility index (Phi) is 2.79. The van der Waals surface area contributed by atoms with E-state index in [1.165, 1.54) is 0 Å². The molecule has 2 aliphatic heterocycles. The minimum Gasteiger partial charge on any atom is -0.475 e. The van der Waals surface area contributed by atoms with Crippen molar-refractivity contribution in [2.75, 3.05) is 4.90 Å². The Labute approximate surface area is 128 Å². The molecule has 114 valence electrons. The Morgan fingerprint density at radius 3 is 2.73 bits per heavy atom. The average Bonchev–Trinajstić information content (AvgIpc) is 2.53. The fourth-order valence-electron chi connectivity index (χ4n) is 3.76.